The highest BCUT2D eigenvalue weighted by molar-refractivity contribution is 7.85. The summed E-state index contributed by atoms with van der Waals surface area (Å²) in [7, 11) is -3.74. The second-order valence-electron chi connectivity index (χ2n) is 2.35. The van der Waals surface area contributed by atoms with Gasteiger partial charge in [-0.15, -0.1) is 0 Å². The molecule has 0 aliphatic heterocycles. The third-order valence-electron chi connectivity index (χ3n) is 1.26. The van der Waals surface area contributed by atoms with E-state index in [4.69, 9.17) is 4.55 Å². The van der Waals surface area contributed by atoms with Crippen LogP contribution in [0.2, 0.25) is 0 Å². The molecule has 0 bridgehead atoms. The van der Waals surface area contributed by atoms with E-state index >= 15 is 0 Å². The van der Waals surface area contributed by atoms with Gasteiger partial charge in [-0.1, -0.05) is 12.2 Å². The van der Waals surface area contributed by atoms with Crippen molar-refractivity contribution < 1.29 is 13.0 Å². The fourth-order valence-corrected chi connectivity index (χ4v) is 1.28. The van der Waals surface area contributed by atoms with Gasteiger partial charge in [0.25, 0.3) is 10.1 Å². The van der Waals surface area contributed by atoms with Gasteiger partial charge in [0, 0.05) is 0 Å². The minimum absolute atomic E-state index is 0.120. The van der Waals surface area contributed by atoms with Gasteiger partial charge in [-0.25, -0.2) is 0 Å². The van der Waals surface area contributed by atoms with Gasteiger partial charge in [-0.05, 0) is 26.2 Å². The van der Waals surface area contributed by atoms with Crippen molar-refractivity contribution in [1.82, 2.24) is 0 Å². The molecular formula is C7H14O3S. The second-order valence-corrected chi connectivity index (χ2v) is 3.92. The molecule has 0 radical (unpaired) electrons. The number of allylic oxidation sites excluding steroid dienone is 2. The summed E-state index contributed by atoms with van der Waals surface area (Å²) in [6, 6.07) is 0. The molecule has 0 aromatic rings. The lowest BCUT2D eigenvalue weighted by Crippen LogP contribution is -2.02. The monoisotopic (exact) mass is 178 g/mol. The molecule has 4 heteroatoms. The maximum absolute atomic E-state index is 10.2. The van der Waals surface area contributed by atoms with Gasteiger partial charge >= 0.3 is 0 Å². The highest BCUT2D eigenvalue weighted by Gasteiger charge is 2.01. The Balaban J connectivity index is 3.29. The predicted molar refractivity (Wildman–Crippen MR) is 45.1 cm³/mol. The molecule has 0 atom stereocenters. The first-order valence-corrected chi connectivity index (χ1v) is 5.23. The molecule has 0 aliphatic rings. The Kier molecular flexibility index (Phi) is 5.15. The van der Waals surface area contributed by atoms with E-state index in [-0.39, 0.29) is 5.75 Å². The van der Waals surface area contributed by atoms with E-state index in [1.807, 2.05) is 19.1 Å². The molecule has 0 aromatic heterocycles. The molecule has 0 fully saturated rings. The normalized spacial score (nSPS) is 12.5. The van der Waals surface area contributed by atoms with Gasteiger partial charge in [0.2, 0.25) is 0 Å². The van der Waals surface area contributed by atoms with Crippen molar-refractivity contribution in [2.45, 2.75) is 26.2 Å². The van der Waals surface area contributed by atoms with Crippen LogP contribution < -0.4 is 0 Å². The number of hydrogen-bond donors (Lipinski definition) is 1. The van der Waals surface area contributed by atoms with Crippen LogP contribution in [0.3, 0.4) is 0 Å². The molecule has 0 aliphatic carbocycles. The molecule has 0 heterocycles. The molecule has 3 nitrogen and oxygen atoms in total. The summed E-state index contributed by atoms with van der Waals surface area (Å²) in [6.45, 7) is 1.92. The molecule has 0 unspecified atom stereocenters. The van der Waals surface area contributed by atoms with Crippen molar-refractivity contribution in [3.05, 3.63) is 12.2 Å². The largest absolute Gasteiger partial charge is 0.286 e. The van der Waals surface area contributed by atoms with Crippen molar-refractivity contribution in [3.8, 4) is 0 Å². The molecule has 0 saturated carbocycles. The Bertz CT molecular complexity index is 204. The van der Waals surface area contributed by atoms with Crippen LogP contribution in [-0.4, -0.2) is 18.7 Å². The first-order chi connectivity index (χ1) is 5.06. The lowest BCUT2D eigenvalue weighted by Gasteiger charge is -1.94. The Hall–Kier alpha value is -0.350. The van der Waals surface area contributed by atoms with Gasteiger partial charge in [0.15, 0.2) is 0 Å². The second kappa shape index (κ2) is 5.32. The Morgan fingerprint density at radius 3 is 2.45 bits per heavy atom. The van der Waals surface area contributed by atoms with E-state index in [1.54, 1.807) is 0 Å². The van der Waals surface area contributed by atoms with E-state index in [0.29, 0.717) is 6.42 Å². The summed E-state index contributed by atoms with van der Waals surface area (Å²) >= 11 is 0. The Morgan fingerprint density at radius 2 is 2.00 bits per heavy atom. The number of hydrogen-bond acceptors (Lipinski definition) is 2. The predicted octanol–water partition coefficient (Wildman–Crippen LogP) is 1.62. The molecular weight excluding hydrogens is 164 g/mol. The lowest BCUT2D eigenvalue weighted by atomic mass is 10.2. The zero-order chi connectivity index (χ0) is 8.74. The van der Waals surface area contributed by atoms with E-state index in [9.17, 15) is 8.42 Å². The van der Waals surface area contributed by atoms with Crippen molar-refractivity contribution in [3.63, 3.8) is 0 Å². The summed E-state index contributed by atoms with van der Waals surface area (Å²) in [6.07, 6.45) is 6.12. The molecule has 11 heavy (non-hydrogen) atoms. The number of rotatable bonds is 5. The zero-order valence-electron chi connectivity index (χ0n) is 6.66. The van der Waals surface area contributed by atoms with Crippen LogP contribution >= 0.6 is 0 Å². The smallest absolute Gasteiger partial charge is 0.264 e. The summed E-state index contributed by atoms with van der Waals surface area (Å²) in [5, 5.41) is 0. The fourth-order valence-electron chi connectivity index (χ4n) is 0.713. The van der Waals surface area contributed by atoms with Crippen LogP contribution in [0, 0.1) is 0 Å². The SMILES string of the molecule is CC=CCCCCS(=O)(=O)O. The summed E-state index contributed by atoms with van der Waals surface area (Å²) < 4.78 is 28.7. The van der Waals surface area contributed by atoms with Gasteiger partial charge < -0.3 is 0 Å². The van der Waals surface area contributed by atoms with Crippen LogP contribution in [0.1, 0.15) is 26.2 Å². The summed E-state index contributed by atoms with van der Waals surface area (Å²) in [5.74, 6) is -0.120. The van der Waals surface area contributed by atoms with Crippen molar-refractivity contribution in [1.29, 1.82) is 0 Å². The van der Waals surface area contributed by atoms with E-state index < -0.39 is 10.1 Å². The lowest BCUT2D eigenvalue weighted by molar-refractivity contribution is 0.480. The number of unbranched alkanes of at least 4 members (excludes halogenated alkanes) is 2. The van der Waals surface area contributed by atoms with Gasteiger partial charge in [-0.2, -0.15) is 8.42 Å². The van der Waals surface area contributed by atoms with Crippen LogP contribution in [0.5, 0.6) is 0 Å². The zero-order valence-corrected chi connectivity index (χ0v) is 7.47. The van der Waals surface area contributed by atoms with Gasteiger partial charge in [0.1, 0.15) is 0 Å². The molecule has 1 N–H and O–H groups in total. The quantitative estimate of drug-likeness (QED) is 0.395. The highest BCUT2D eigenvalue weighted by atomic mass is 32.2. The van der Waals surface area contributed by atoms with Gasteiger partial charge in [-0.3, -0.25) is 4.55 Å². The first-order valence-electron chi connectivity index (χ1n) is 3.62. The van der Waals surface area contributed by atoms with Crippen LogP contribution in [0.15, 0.2) is 12.2 Å². The van der Waals surface area contributed by atoms with Gasteiger partial charge in [0.05, 0.1) is 5.75 Å². The maximum Gasteiger partial charge on any atom is 0.264 e. The molecule has 66 valence electrons. The molecule has 0 spiro atoms. The Labute approximate surface area is 67.9 Å². The molecule has 0 rings (SSSR count). The third kappa shape index (κ3) is 9.65. The summed E-state index contributed by atoms with van der Waals surface area (Å²) in [4.78, 5) is 0. The van der Waals surface area contributed by atoms with E-state index in [1.165, 1.54) is 0 Å². The van der Waals surface area contributed by atoms with Crippen LogP contribution in [0.4, 0.5) is 0 Å². The minimum Gasteiger partial charge on any atom is -0.286 e. The first kappa shape index (κ1) is 10.7. The van der Waals surface area contributed by atoms with Crippen molar-refractivity contribution in [2.24, 2.45) is 0 Å². The topological polar surface area (TPSA) is 54.4 Å². The summed E-state index contributed by atoms with van der Waals surface area (Å²) in [5.41, 5.74) is 0. The van der Waals surface area contributed by atoms with Crippen LogP contribution in [-0.2, 0) is 10.1 Å². The van der Waals surface area contributed by atoms with E-state index in [0.717, 1.165) is 12.8 Å². The maximum atomic E-state index is 10.2. The minimum atomic E-state index is -3.74. The third-order valence-corrected chi connectivity index (χ3v) is 2.06. The van der Waals surface area contributed by atoms with Crippen molar-refractivity contribution >= 4 is 10.1 Å². The fraction of sp³-hybridized carbons (Fsp3) is 0.714. The van der Waals surface area contributed by atoms with Crippen molar-refractivity contribution in [2.75, 3.05) is 5.75 Å². The van der Waals surface area contributed by atoms with E-state index in [2.05, 4.69) is 0 Å². The molecule has 0 amide bonds. The molecule has 0 saturated heterocycles. The average Bonchev–Trinajstić information content (AvgIpc) is 1.85. The standard InChI is InChI=1S/C7H14O3S/c1-2-3-4-5-6-7-11(8,9)10/h2-3H,4-7H2,1H3,(H,8,9,10). The van der Waals surface area contributed by atoms with Crippen LogP contribution in [0.25, 0.3) is 0 Å². The highest BCUT2D eigenvalue weighted by Crippen LogP contribution is 1.98. The molecule has 0 aromatic carbocycles. The Morgan fingerprint density at radius 1 is 1.36 bits per heavy atom. The average molecular weight is 178 g/mol.